The van der Waals surface area contributed by atoms with Gasteiger partial charge in [-0.1, -0.05) is 42.0 Å². The molecule has 24 heavy (non-hydrogen) atoms. The summed E-state index contributed by atoms with van der Waals surface area (Å²) in [4.78, 5) is 4.76. The molecule has 0 radical (unpaired) electrons. The van der Waals surface area contributed by atoms with Crippen molar-refractivity contribution in [3.05, 3.63) is 70.0 Å². The number of aromatic nitrogens is 1. The monoisotopic (exact) mass is 358 g/mol. The van der Waals surface area contributed by atoms with Gasteiger partial charge in [0.2, 0.25) is 0 Å². The number of nitrogens with zero attached hydrogens (tertiary/aromatic N) is 1. The van der Waals surface area contributed by atoms with Gasteiger partial charge in [-0.3, -0.25) is 0 Å². The van der Waals surface area contributed by atoms with Crippen molar-refractivity contribution in [2.24, 2.45) is 5.73 Å². The van der Waals surface area contributed by atoms with E-state index < -0.39 is 9.84 Å². The Kier molecular flexibility index (Phi) is 4.80. The zero-order valence-corrected chi connectivity index (χ0v) is 14.9. The summed E-state index contributed by atoms with van der Waals surface area (Å²) in [6.45, 7) is 2.29. The summed E-state index contributed by atoms with van der Waals surface area (Å²) < 4.78 is 25.9. The molecule has 0 amide bonds. The maximum Gasteiger partial charge on any atom is 0.183 e. The molecule has 4 nitrogen and oxygen atoms in total. The van der Waals surface area contributed by atoms with Crippen LogP contribution in [0.15, 0.2) is 58.8 Å². The lowest BCUT2D eigenvalue weighted by Gasteiger charge is -2.10. The fourth-order valence-corrected chi connectivity index (χ4v) is 4.75. The molecule has 1 heterocycles. The average Bonchev–Trinajstić information content (AvgIpc) is 3.04. The minimum absolute atomic E-state index is 0.0300. The van der Waals surface area contributed by atoms with Gasteiger partial charge in [-0.25, -0.2) is 13.4 Å². The molecule has 0 saturated carbocycles. The lowest BCUT2D eigenvalue weighted by molar-refractivity contribution is 0.595. The quantitative estimate of drug-likeness (QED) is 0.757. The number of benzene rings is 2. The fourth-order valence-electron chi connectivity index (χ4n) is 2.51. The van der Waals surface area contributed by atoms with E-state index in [2.05, 4.69) is 4.98 Å². The van der Waals surface area contributed by atoms with Gasteiger partial charge in [0.05, 0.1) is 16.3 Å². The van der Waals surface area contributed by atoms with Crippen molar-refractivity contribution in [1.82, 2.24) is 4.98 Å². The molecule has 0 aliphatic carbocycles. The van der Waals surface area contributed by atoms with Crippen molar-refractivity contribution >= 4 is 21.2 Å². The molecular formula is C18H18N2O2S2. The number of nitrogens with two attached hydrogens (primary N) is 1. The van der Waals surface area contributed by atoms with Gasteiger partial charge in [0.1, 0.15) is 5.01 Å². The van der Waals surface area contributed by atoms with Crippen LogP contribution in [0.2, 0.25) is 0 Å². The third-order valence-electron chi connectivity index (χ3n) is 3.67. The highest BCUT2D eigenvalue weighted by Crippen LogP contribution is 2.31. The summed E-state index contributed by atoms with van der Waals surface area (Å²) in [6.07, 6.45) is 0. The summed E-state index contributed by atoms with van der Waals surface area (Å²) in [7, 11) is -3.47. The second kappa shape index (κ2) is 6.84. The normalized spacial score (nSPS) is 11.6. The van der Waals surface area contributed by atoms with E-state index in [1.807, 2.05) is 54.8 Å². The van der Waals surface area contributed by atoms with Crippen LogP contribution in [0.5, 0.6) is 0 Å². The first-order chi connectivity index (χ1) is 11.5. The Morgan fingerprint density at radius 2 is 1.88 bits per heavy atom. The highest BCUT2D eigenvalue weighted by atomic mass is 32.2. The van der Waals surface area contributed by atoms with Crippen molar-refractivity contribution in [3.63, 3.8) is 0 Å². The van der Waals surface area contributed by atoms with E-state index in [9.17, 15) is 8.42 Å². The smallest absolute Gasteiger partial charge is 0.183 e. The number of aryl methyl sites for hydroxylation is 1. The second-order valence-corrected chi connectivity index (χ2v) is 8.48. The summed E-state index contributed by atoms with van der Waals surface area (Å²) in [6, 6.07) is 14.6. The topological polar surface area (TPSA) is 73.0 Å². The number of sulfone groups is 1. The van der Waals surface area contributed by atoms with Crippen LogP contribution >= 0.6 is 11.3 Å². The second-order valence-electron chi connectivity index (χ2n) is 5.57. The SMILES string of the molecule is Cc1ccc(S(=O)(=O)Cc2ccccc2)c(-c2csc(CN)n2)c1. The van der Waals surface area contributed by atoms with E-state index in [1.165, 1.54) is 11.3 Å². The van der Waals surface area contributed by atoms with E-state index in [1.54, 1.807) is 6.07 Å². The van der Waals surface area contributed by atoms with Gasteiger partial charge in [-0.2, -0.15) is 0 Å². The third-order valence-corrected chi connectivity index (χ3v) is 6.28. The van der Waals surface area contributed by atoms with Crippen molar-refractivity contribution in [2.75, 3.05) is 0 Å². The van der Waals surface area contributed by atoms with Gasteiger partial charge in [0.25, 0.3) is 0 Å². The van der Waals surface area contributed by atoms with Crippen LogP contribution in [0.25, 0.3) is 11.3 Å². The predicted molar refractivity (Wildman–Crippen MR) is 97.5 cm³/mol. The summed E-state index contributed by atoms with van der Waals surface area (Å²) >= 11 is 1.44. The van der Waals surface area contributed by atoms with E-state index in [-0.39, 0.29) is 5.75 Å². The Balaban J connectivity index is 2.07. The molecule has 0 fully saturated rings. The Morgan fingerprint density at radius 1 is 1.12 bits per heavy atom. The zero-order valence-electron chi connectivity index (χ0n) is 13.3. The van der Waals surface area contributed by atoms with Crippen LogP contribution in [0.1, 0.15) is 16.1 Å². The Labute approximate surface area is 145 Å². The standard InChI is InChI=1S/C18H18N2O2S2/c1-13-7-8-17(15(9-13)16-11-23-18(10-19)20-16)24(21,22)12-14-5-3-2-4-6-14/h2-9,11H,10,12,19H2,1H3. The zero-order chi connectivity index (χ0) is 17.2. The molecule has 0 unspecified atom stereocenters. The highest BCUT2D eigenvalue weighted by molar-refractivity contribution is 7.90. The molecule has 124 valence electrons. The average molecular weight is 358 g/mol. The Hall–Kier alpha value is -2.02. The number of hydrogen-bond acceptors (Lipinski definition) is 5. The molecule has 0 bridgehead atoms. The maximum atomic E-state index is 12.9. The Bertz CT molecular complexity index is 948. The molecule has 2 N–H and O–H groups in total. The largest absolute Gasteiger partial charge is 0.325 e. The fraction of sp³-hybridized carbons (Fsp3) is 0.167. The van der Waals surface area contributed by atoms with Gasteiger partial charge in [-0.05, 0) is 24.6 Å². The van der Waals surface area contributed by atoms with Crippen LogP contribution in [0.3, 0.4) is 0 Å². The van der Waals surface area contributed by atoms with Crippen molar-refractivity contribution in [3.8, 4) is 11.3 Å². The van der Waals surface area contributed by atoms with Gasteiger partial charge >= 0.3 is 0 Å². The van der Waals surface area contributed by atoms with Gasteiger partial charge in [0, 0.05) is 17.5 Å². The summed E-state index contributed by atoms with van der Waals surface area (Å²) in [5, 5.41) is 2.65. The van der Waals surface area contributed by atoms with Gasteiger partial charge < -0.3 is 5.73 Å². The van der Waals surface area contributed by atoms with Crippen molar-refractivity contribution in [1.29, 1.82) is 0 Å². The lowest BCUT2D eigenvalue weighted by atomic mass is 10.1. The molecule has 6 heteroatoms. The number of hydrogen-bond donors (Lipinski definition) is 1. The van der Waals surface area contributed by atoms with Crippen molar-refractivity contribution < 1.29 is 8.42 Å². The highest BCUT2D eigenvalue weighted by Gasteiger charge is 2.21. The first-order valence-electron chi connectivity index (χ1n) is 7.52. The van der Waals surface area contributed by atoms with Crippen LogP contribution in [0, 0.1) is 6.92 Å². The third kappa shape index (κ3) is 3.56. The van der Waals surface area contributed by atoms with Crippen LogP contribution in [0.4, 0.5) is 0 Å². The summed E-state index contributed by atoms with van der Waals surface area (Å²) in [5.41, 5.74) is 8.69. The number of thiazole rings is 1. The molecular weight excluding hydrogens is 340 g/mol. The molecule has 2 aromatic carbocycles. The van der Waals surface area contributed by atoms with Crippen molar-refractivity contribution in [2.45, 2.75) is 24.1 Å². The number of rotatable bonds is 5. The molecule has 0 atom stereocenters. The van der Waals surface area contributed by atoms with Crippen LogP contribution in [-0.2, 0) is 22.1 Å². The molecule has 1 aromatic heterocycles. The predicted octanol–water partition coefficient (Wildman–Crippen LogP) is 3.55. The molecule has 0 aliphatic heterocycles. The first-order valence-corrected chi connectivity index (χ1v) is 10.0. The maximum absolute atomic E-state index is 12.9. The first kappa shape index (κ1) is 16.8. The lowest BCUT2D eigenvalue weighted by Crippen LogP contribution is -2.07. The van der Waals surface area contributed by atoms with Crippen LogP contribution < -0.4 is 5.73 Å². The molecule has 0 spiro atoms. The minimum atomic E-state index is -3.47. The molecule has 0 saturated heterocycles. The van der Waals surface area contributed by atoms with Crippen LogP contribution in [-0.4, -0.2) is 13.4 Å². The van der Waals surface area contributed by atoms with E-state index >= 15 is 0 Å². The van der Waals surface area contributed by atoms with Gasteiger partial charge in [-0.15, -0.1) is 11.3 Å². The Morgan fingerprint density at radius 3 is 2.54 bits per heavy atom. The van der Waals surface area contributed by atoms with E-state index in [0.717, 1.165) is 16.1 Å². The minimum Gasteiger partial charge on any atom is -0.325 e. The van der Waals surface area contributed by atoms with E-state index in [0.29, 0.717) is 22.7 Å². The molecule has 3 aromatic rings. The summed E-state index contributed by atoms with van der Waals surface area (Å²) in [5.74, 6) is -0.0300. The molecule has 3 rings (SSSR count). The van der Waals surface area contributed by atoms with Gasteiger partial charge in [0.15, 0.2) is 9.84 Å². The molecule has 0 aliphatic rings. The van der Waals surface area contributed by atoms with E-state index in [4.69, 9.17) is 5.73 Å².